The zero-order valence-electron chi connectivity index (χ0n) is 12.2. The molecule has 0 unspecified atom stereocenters. The third kappa shape index (κ3) is 4.75. The van der Waals surface area contributed by atoms with E-state index in [0.29, 0.717) is 21.4 Å². The van der Waals surface area contributed by atoms with Crippen LogP contribution in [0.15, 0.2) is 54.2 Å². The molecule has 2 rings (SSSR count). The molecule has 0 saturated heterocycles. The number of carbonyl (C=O) groups is 1. The van der Waals surface area contributed by atoms with E-state index in [0.717, 1.165) is 5.56 Å². The van der Waals surface area contributed by atoms with Gasteiger partial charge in [-0.3, -0.25) is 4.79 Å². The first-order valence-corrected chi connectivity index (χ1v) is 7.45. The number of halogens is 2. The molecule has 0 aliphatic rings. The molecule has 0 saturated carbocycles. The van der Waals surface area contributed by atoms with Crippen molar-refractivity contribution in [2.24, 2.45) is 0 Å². The van der Waals surface area contributed by atoms with Gasteiger partial charge in [-0.25, -0.2) is 0 Å². The van der Waals surface area contributed by atoms with E-state index in [1.54, 1.807) is 24.3 Å². The van der Waals surface area contributed by atoms with E-state index >= 15 is 0 Å². The summed E-state index contributed by atoms with van der Waals surface area (Å²) in [7, 11) is 0. The van der Waals surface area contributed by atoms with E-state index in [1.165, 1.54) is 6.20 Å². The first kappa shape index (κ1) is 16.9. The molecule has 0 atom stereocenters. The standard InChI is InChI=1S/C17H13Cl2N3O/c1-11-3-2-4-14(7-11)22-17(23)12(9-20)10-21-16-6-5-13(18)8-15(16)19/h2-8,10,21H,1H3,(H,22,23)/b12-10-. The molecule has 2 aromatic rings. The highest BCUT2D eigenvalue weighted by Crippen LogP contribution is 2.25. The maximum Gasteiger partial charge on any atom is 0.267 e. The number of aryl methyl sites for hydroxylation is 1. The average Bonchev–Trinajstić information content (AvgIpc) is 2.49. The number of rotatable bonds is 4. The Labute approximate surface area is 144 Å². The van der Waals surface area contributed by atoms with Crippen molar-refractivity contribution in [3.63, 3.8) is 0 Å². The van der Waals surface area contributed by atoms with Gasteiger partial charge in [-0.05, 0) is 42.8 Å². The quantitative estimate of drug-likeness (QED) is 0.620. The van der Waals surface area contributed by atoms with Gasteiger partial charge in [0.15, 0.2) is 0 Å². The SMILES string of the molecule is Cc1cccc(NC(=O)/C(C#N)=C\Nc2ccc(Cl)cc2Cl)c1. The second-order valence-corrected chi connectivity index (χ2v) is 5.61. The first-order chi connectivity index (χ1) is 11.0. The van der Waals surface area contributed by atoms with Crippen LogP contribution in [0.5, 0.6) is 0 Å². The maximum absolute atomic E-state index is 12.1. The fourth-order valence-electron chi connectivity index (χ4n) is 1.83. The third-order valence-electron chi connectivity index (χ3n) is 2.94. The predicted octanol–water partition coefficient (Wildman–Crippen LogP) is 4.76. The number of hydrogen-bond acceptors (Lipinski definition) is 3. The third-order valence-corrected chi connectivity index (χ3v) is 3.49. The van der Waals surface area contributed by atoms with Gasteiger partial charge in [0.1, 0.15) is 11.6 Å². The van der Waals surface area contributed by atoms with Crippen LogP contribution >= 0.6 is 23.2 Å². The number of amides is 1. The Hall–Kier alpha value is -2.48. The molecule has 6 heteroatoms. The molecule has 4 nitrogen and oxygen atoms in total. The molecular weight excluding hydrogens is 333 g/mol. The Bertz CT molecular complexity index is 810. The van der Waals surface area contributed by atoms with Crippen molar-refractivity contribution < 1.29 is 4.79 Å². The lowest BCUT2D eigenvalue weighted by atomic mass is 10.2. The Morgan fingerprint density at radius 2 is 2.00 bits per heavy atom. The molecule has 0 heterocycles. The van der Waals surface area contributed by atoms with Gasteiger partial charge in [0.2, 0.25) is 0 Å². The molecule has 116 valence electrons. The molecule has 0 aliphatic heterocycles. The van der Waals surface area contributed by atoms with Crippen molar-refractivity contribution in [3.05, 3.63) is 69.8 Å². The summed E-state index contributed by atoms with van der Waals surface area (Å²) in [5.74, 6) is -0.504. The van der Waals surface area contributed by atoms with E-state index in [4.69, 9.17) is 28.5 Å². The predicted molar refractivity (Wildman–Crippen MR) is 93.6 cm³/mol. The summed E-state index contributed by atoms with van der Waals surface area (Å²) >= 11 is 11.8. The Morgan fingerprint density at radius 3 is 2.65 bits per heavy atom. The van der Waals surface area contributed by atoms with Crippen LogP contribution in [-0.2, 0) is 4.79 Å². The van der Waals surface area contributed by atoms with Crippen molar-refractivity contribution in [1.82, 2.24) is 0 Å². The highest BCUT2D eigenvalue weighted by Gasteiger charge is 2.10. The number of benzene rings is 2. The fraction of sp³-hybridized carbons (Fsp3) is 0.0588. The minimum absolute atomic E-state index is 0.0717. The van der Waals surface area contributed by atoms with Crippen LogP contribution in [0.3, 0.4) is 0 Å². The van der Waals surface area contributed by atoms with Crippen LogP contribution in [0.25, 0.3) is 0 Å². The molecule has 2 N–H and O–H groups in total. The molecule has 0 aromatic heterocycles. The first-order valence-electron chi connectivity index (χ1n) is 6.69. The van der Waals surface area contributed by atoms with Gasteiger partial charge in [0, 0.05) is 16.9 Å². The van der Waals surface area contributed by atoms with E-state index in [2.05, 4.69) is 10.6 Å². The minimum Gasteiger partial charge on any atom is -0.359 e. The van der Waals surface area contributed by atoms with E-state index < -0.39 is 5.91 Å². The number of nitrogens with one attached hydrogen (secondary N) is 2. The second-order valence-electron chi connectivity index (χ2n) is 4.76. The number of carbonyl (C=O) groups excluding carboxylic acids is 1. The Morgan fingerprint density at radius 1 is 1.22 bits per heavy atom. The summed E-state index contributed by atoms with van der Waals surface area (Å²) in [5, 5.41) is 15.5. The van der Waals surface area contributed by atoms with Gasteiger partial charge in [-0.1, -0.05) is 35.3 Å². The highest BCUT2D eigenvalue weighted by molar-refractivity contribution is 6.36. The largest absolute Gasteiger partial charge is 0.359 e. The van der Waals surface area contributed by atoms with Crippen LogP contribution in [0.4, 0.5) is 11.4 Å². The molecule has 0 bridgehead atoms. The summed E-state index contributed by atoms with van der Waals surface area (Å²) in [6, 6.07) is 14.1. The molecule has 23 heavy (non-hydrogen) atoms. The lowest BCUT2D eigenvalue weighted by molar-refractivity contribution is -0.112. The summed E-state index contributed by atoms with van der Waals surface area (Å²) in [4.78, 5) is 12.1. The number of nitriles is 1. The number of anilines is 2. The summed E-state index contributed by atoms with van der Waals surface area (Å²) < 4.78 is 0. The number of hydrogen-bond donors (Lipinski definition) is 2. The van der Waals surface area contributed by atoms with Crippen molar-refractivity contribution >= 4 is 40.5 Å². The van der Waals surface area contributed by atoms with E-state index in [-0.39, 0.29) is 5.57 Å². The maximum atomic E-state index is 12.1. The van der Waals surface area contributed by atoms with Crippen LogP contribution in [0, 0.1) is 18.3 Å². The zero-order valence-corrected chi connectivity index (χ0v) is 13.7. The zero-order chi connectivity index (χ0) is 16.8. The monoisotopic (exact) mass is 345 g/mol. The van der Waals surface area contributed by atoms with Gasteiger partial charge in [0.25, 0.3) is 5.91 Å². The molecule has 0 fully saturated rings. The highest BCUT2D eigenvalue weighted by atomic mass is 35.5. The molecule has 0 radical (unpaired) electrons. The van der Waals surface area contributed by atoms with Crippen molar-refractivity contribution in [2.45, 2.75) is 6.92 Å². The molecule has 2 aromatic carbocycles. The molecular formula is C17H13Cl2N3O. The summed E-state index contributed by atoms with van der Waals surface area (Å²) in [6.45, 7) is 1.92. The molecule has 0 aliphatic carbocycles. The Balaban J connectivity index is 2.12. The normalized spacial score (nSPS) is 10.8. The van der Waals surface area contributed by atoms with Gasteiger partial charge >= 0.3 is 0 Å². The lowest BCUT2D eigenvalue weighted by Gasteiger charge is -2.07. The summed E-state index contributed by atoms with van der Waals surface area (Å²) in [6.07, 6.45) is 1.31. The summed E-state index contributed by atoms with van der Waals surface area (Å²) in [5.41, 5.74) is 2.11. The molecule has 0 spiro atoms. The van der Waals surface area contributed by atoms with Crippen LogP contribution < -0.4 is 10.6 Å². The number of nitrogens with zero attached hydrogens (tertiary/aromatic N) is 1. The van der Waals surface area contributed by atoms with Crippen molar-refractivity contribution in [3.8, 4) is 6.07 Å². The second kappa shape index (κ2) is 7.68. The van der Waals surface area contributed by atoms with Gasteiger partial charge in [0.05, 0.1) is 10.7 Å². The van der Waals surface area contributed by atoms with Crippen LogP contribution in [0.2, 0.25) is 10.0 Å². The smallest absolute Gasteiger partial charge is 0.267 e. The van der Waals surface area contributed by atoms with Gasteiger partial charge < -0.3 is 10.6 Å². The topological polar surface area (TPSA) is 64.9 Å². The van der Waals surface area contributed by atoms with E-state index in [1.807, 2.05) is 31.2 Å². The lowest BCUT2D eigenvalue weighted by Crippen LogP contribution is -2.14. The molecule has 1 amide bonds. The average molecular weight is 346 g/mol. The van der Waals surface area contributed by atoms with Crippen molar-refractivity contribution in [2.75, 3.05) is 10.6 Å². The fourth-order valence-corrected chi connectivity index (χ4v) is 2.29. The van der Waals surface area contributed by atoms with Crippen molar-refractivity contribution in [1.29, 1.82) is 5.26 Å². The van der Waals surface area contributed by atoms with Gasteiger partial charge in [-0.15, -0.1) is 0 Å². The van der Waals surface area contributed by atoms with E-state index in [9.17, 15) is 4.79 Å². The van der Waals surface area contributed by atoms with Crippen LogP contribution in [-0.4, -0.2) is 5.91 Å². The Kier molecular flexibility index (Phi) is 5.64. The minimum atomic E-state index is -0.504. The van der Waals surface area contributed by atoms with Crippen LogP contribution in [0.1, 0.15) is 5.56 Å². The van der Waals surface area contributed by atoms with Gasteiger partial charge in [-0.2, -0.15) is 5.26 Å².